The second kappa shape index (κ2) is 6.39. The topological polar surface area (TPSA) is 68.2 Å². The van der Waals surface area contributed by atoms with Gasteiger partial charge < -0.3 is 9.64 Å². The van der Waals surface area contributed by atoms with Crippen molar-refractivity contribution in [1.29, 1.82) is 0 Å². The summed E-state index contributed by atoms with van der Waals surface area (Å²) < 4.78 is 4.98. The predicted molar refractivity (Wildman–Crippen MR) is 83.1 cm³/mol. The van der Waals surface area contributed by atoms with Crippen molar-refractivity contribution in [2.24, 2.45) is 0 Å². The van der Waals surface area contributed by atoms with E-state index in [0.717, 1.165) is 36.5 Å². The summed E-state index contributed by atoms with van der Waals surface area (Å²) >= 11 is 1.62. The lowest BCUT2D eigenvalue weighted by Crippen LogP contribution is -2.39. The molecule has 2 aromatic rings. The molecule has 0 radical (unpaired) electrons. The van der Waals surface area contributed by atoms with Crippen molar-refractivity contribution in [3.05, 3.63) is 33.9 Å². The molecule has 2 aromatic heterocycles. The summed E-state index contributed by atoms with van der Waals surface area (Å²) in [5.41, 5.74) is 1.35. The van der Waals surface area contributed by atoms with Crippen LogP contribution in [0.5, 0.6) is 5.88 Å². The molecule has 0 bridgehead atoms. The Morgan fingerprint density at radius 3 is 2.86 bits per heavy atom. The van der Waals surface area contributed by atoms with Gasteiger partial charge in [0.1, 0.15) is 5.01 Å². The molecule has 3 heterocycles. The molecule has 1 aliphatic heterocycles. The SMILES string of the molecule is COc1ccc(C(=O)N2CCCC[C@@H]2c2nc(C)cs2)nn1. The van der Waals surface area contributed by atoms with E-state index in [9.17, 15) is 4.79 Å². The van der Waals surface area contributed by atoms with Crippen LogP contribution in [0, 0.1) is 6.92 Å². The van der Waals surface area contributed by atoms with Gasteiger partial charge in [-0.15, -0.1) is 21.5 Å². The van der Waals surface area contributed by atoms with Crippen LogP contribution in [-0.2, 0) is 0 Å². The monoisotopic (exact) mass is 318 g/mol. The summed E-state index contributed by atoms with van der Waals surface area (Å²) in [6, 6.07) is 3.36. The van der Waals surface area contributed by atoms with E-state index in [2.05, 4.69) is 15.2 Å². The minimum atomic E-state index is -0.0901. The van der Waals surface area contributed by atoms with Crippen LogP contribution >= 0.6 is 11.3 Å². The fraction of sp³-hybridized carbons (Fsp3) is 0.467. The standard InChI is InChI=1S/C15H18N4O2S/c1-10-9-22-14(16-10)12-5-3-4-8-19(12)15(20)11-6-7-13(21-2)18-17-11/h6-7,9,12H,3-5,8H2,1-2H3/t12-/m1/s1. The first-order chi connectivity index (χ1) is 10.7. The molecule has 3 rings (SSSR count). The summed E-state index contributed by atoms with van der Waals surface area (Å²) in [6.07, 6.45) is 3.07. The van der Waals surface area contributed by atoms with Crippen LogP contribution < -0.4 is 4.74 Å². The number of ether oxygens (including phenoxy) is 1. The molecule has 22 heavy (non-hydrogen) atoms. The molecule has 0 unspecified atom stereocenters. The van der Waals surface area contributed by atoms with E-state index in [4.69, 9.17) is 4.74 Å². The third-order valence-electron chi connectivity index (χ3n) is 3.75. The first kappa shape index (κ1) is 14.9. The number of hydrogen-bond acceptors (Lipinski definition) is 6. The number of carbonyl (C=O) groups is 1. The van der Waals surface area contributed by atoms with Crippen LogP contribution in [0.4, 0.5) is 0 Å². The zero-order valence-electron chi connectivity index (χ0n) is 12.7. The van der Waals surface area contributed by atoms with Crippen molar-refractivity contribution in [1.82, 2.24) is 20.1 Å². The van der Waals surface area contributed by atoms with Gasteiger partial charge in [-0.2, -0.15) is 0 Å². The van der Waals surface area contributed by atoms with Crippen LogP contribution in [0.3, 0.4) is 0 Å². The number of methoxy groups -OCH3 is 1. The average molecular weight is 318 g/mol. The molecular weight excluding hydrogens is 300 g/mol. The molecule has 6 nitrogen and oxygen atoms in total. The Bertz CT molecular complexity index is 656. The number of amides is 1. The number of aryl methyl sites for hydroxylation is 1. The van der Waals surface area contributed by atoms with E-state index < -0.39 is 0 Å². The van der Waals surface area contributed by atoms with Gasteiger partial charge in [-0.3, -0.25) is 4.79 Å². The lowest BCUT2D eigenvalue weighted by molar-refractivity contribution is 0.0603. The van der Waals surface area contributed by atoms with Crippen molar-refractivity contribution < 1.29 is 9.53 Å². The minimum Gasteiger partial charge on any atom is -0.480 e. The number of nitrogens with zero attached hydrogens (tertiary/aromatic N) is 4. The average Bonchev–Trinajstić information content (AvgIpc) is 3.00. The van der Waals surface area contributed by atoms with E-state index in [1.807, 2.05) is 17.2 Å². The lowest BCUT2D eigenvalue weighted by atomic mass is 10.0. The second-order valence-corrected chi connectivity index (χ2v) is 6.19. The molecule has 0 spiro atoms. The molecule has 0 N–H and O–H groups in total. The lowest BCUT2D eigenvalue weighted by Gasteiger charge is -2.34. The molecule has 1 saturated heterocycles. The van der Waals surface area contributed by atoms with Crippen LogP contribution in [0.15, 0.2) is 17.5 Å². The van der Waals surface area contributed by atoms with Gasteiger partial charge in [-0.1, -0.05) is 0 Å². The molecule has 7 heteroatoms. The molecule has 1 atom stereocenters. The number of piperidine rings is 1. The maximum Gasteiger partial charge on any atom is 0.274 e. The Labute approximate surface area is 133 Å². The molecule has 1 aliphatic rings. The van der Waals surface area contributed by atoms with Gasteiger partial charge in [0.05, 0.1) is 13.2 Å². The first-order valence-corrected chi connectivity index (χ1v) is 8.17. The van der Waals surface area contributed by atoms with E-state index in [1.165, 1.54) is 7.11 Å². The number of thiazole rings is 1. The molecule has 1 fully saturated rings. The fourth-order valence-corrected chi connectivity index (χ4v) is 3.59. The van der Waals surface area contributed by atoms with Crippen molar-refractivity contribution in [2.45, 2.75) is 32.2 Å². The zero-order valence-corrected chi connectivity index (χ0v) is 13.5. The van der Waals surface area contributed by atoms with Gasteiger partial charge in [0, 0.05) is 23.7 Å². The van der Waals surface area contributed by atoms with Crippen LogP contribution in [-0.4, -0.2) is 39.6 Å². The highest BCUT2D eigenvalue weighted by Gasteiger charge is 2.31. The molecule has 0 saturated carbocycles. The highest BCUT2D eigenvalue weighted by Crippen LogP contribution is 2.33. The third-order valence-corrected chi connectivity index (χ3v) is 4.82. The first-order valence-electron chi connectivity index (χ1n) is 7.30. The molecule has 1 amide bonds. The van der Waals surface area contributed by atoms with Crippen molar-refractivity contribution in [2.75, 3.05) is 13.7 Å². The minimum absolute atomic E-state index is 0.0452. The van der Waals surface area contributed by atoms with Gasteiger partial charge in [0.25, 0.3) is 5.91 Å². The quantitative estimate of drug-likeness (QED) is 0.870. The van der Waals surface area contributed by atoms with Crippen LogP contribution in [0.1, 0.15) is 46.5 Å². The Balaban J connectivity index is 1.84. The van der Waals surface area contributed by atoms with Crippen molar-refractivity contribution in [3.8, 4) is 5.88 Å². The maximum absolute atomic E-state index is 12.7. The third kappa shape index (κ3) is 2.94. The molecule has 0 aliphatic carbocycles. The van der Waals surface area contributed by atoms with Crippen molar-refractivity contribution in [3.63, 3.8) is 0 Å². The van der Waals surface area contributed by atoms with E-state index >= 15 is 0 Å². The Kier molecular flexibility index (Phi) is 4.33. The van der Waals surface area contributed by atoms with E-state index in [-0.39, 0.29) is 11.9 Å². The maximum atomic E-state index is 12.7. The summed E-state index contributed by atoms with van der Waals surface area (Å²) in [7, 11) is 1.52. The Hall–Kier alpha value is -2.02. The normalized spacial score (nSPS) is 18.3. The number of hydrogen-bond donors (Lipinski definition) is 0. The second-order valence-electron chi connectivity index (χ2n) is 5.30. The van der Waals surface area contributed by atoms with Gasteiger partial charge in [0.15, 0.2) is 5.69 Å². The molecular formula is C15H18N4O2S. The zero-order chi connectivity index (χ0) is 15.5. The Morgan fingerprint density at radius 1 is 1.36 bits per heavy atom. The van der Waals surface area contributed by atoms with Crippen molar-refractivity contribution >= 4 is 17.2 Å². The fourth-order valence-electron chi connectivity index (χ4n) is 2.65. The summed E-state index contributed by atoms with van der Waals surface area (Å²) in [4.78, 5) is 19.2. The smallest absolute Gasteiger partial charge is 0.274 e. The molecule has 0 aromatic carbocycles. The van der Waals surface area contributed by atoms with E-state index in [1.54, 1.807) is 23.5 Å². The van der Waals surface area contributed by atoms with Gasteiger partial charge >= 0.3 is 0 Å². The van der Waals surface area contributed by atoms with Gasteiger partial charge in [-0.05, 0) is 32.3 Å². The van der Waals surface area contributed by atoms with Crippen LogP contribution in [0.2, 0.25) is 0 Å². The highest BCUT2D eigenvalue weighted by molar-refractivity contribution is 7.09. The number of rotatable bonds is 3. The van der Waals surface area contributed by atoms with Gasteiger partial charge in [-0.25, -0.2) is 4.98 Å². The number of likely N-dealkylation sites (tertiary alicyclic amines) is 1. The number of carbonyl (C=O) groups excluding carboxylic acids is 1. The largest absolute Gasteiger partial charge is 0.480 e. The molecule has 116 valence electrons. The predicted octanol–water partition coefficient (Wildman–Crippen LogP) is 2.62. The summed E-state index contributed by atoms with van der Waals surface area (Å²) in [6.45, 7) is 2.71. The highest BCUT2D eigenvalue weighted by atomic mass is 32.1. The van der Waals surface area contributed by atoms with Crippen LogP contribution in [0.25, 0.3) is 0 Å². The summed E-state index contributed by atoms with van der Waals surface area (Å²) in [5, 5.41) is 10.9. The van der Waals surface area contributed by atoms with Gasteiger partial charge in [0.2, 0.25) is 5.88 Å². The summed E-state index contributed by atoms with van der Waals surface area (Å²) in [5.74, 6) is 0.315. The van der Waals surface area contributed by atoms with E-state index in [0.29, 0.717) is 11.6 Å². The number of aromatic nitrogens is 3. The Morgan fingerprint density at radius 2 is 2.23 bits per heavy atom.